The summed E-state index contributed by atoms with van der Waals surface area (Å²) in [6, 6.07) is 13.6. The Labute approximate surface area is 109 Å². The quantitative estimate of drug-likeness (QED) is 0.893. The van der Waals surface area contributed by atoms with Gasteiger partial charge in [0.05, 0.1) is 0 Å². The van der Waals surface area contributed by atoms with Crippen LogP contribution in [0.1, 0.15) is 11.1 Å². The van der Waals surface area contributed by atoms with Crippen molar-refractivity contribution >= 4 is 21.6 Å². The molecule has 0 bridgehead atoms. The zero-order chi connectivity index (χ0) is 12.3. The molecule has 2 aromatic carbocycles. The summed E-state index contributed by atoms with van der Waals surface area (Å²) in [7, 11) is 0. The lowest BCUT2D eigenvalue weighted by Gasteiger charge is -2.09. The van der Waals surface area contributed by atoms with Gasteiger partial charge in [-0.15, -0.1) is 0 Å². The second-order valence-electron chi connectivity index (χ2n) is 4.00. The summed E-state index contributed by atoms with van der Waals surface area (Å²) in [5.41, 5.74) is 3.08. The molecule has 0 radical (unpaired) electrons. The fourth-order valence-electron chi connectivity index (χ4n) is 1.65. The number of phenolic OH excluding ortho intramolecular Hbond substituents is 1. The third-order valence-electron chi connectivity index (χ3n) is 2.54. The number of nitrogens with one attached hydrogen (secondary N) is 1. The second-order valence-corrected chi connectivity index (χ2v) is 4.91. The smallest absolute Gasteiger partial charge is 0.120 e. The molecule has 0 aliphatic rings. The molecule has 0 aliphatic carbocycles. The fraction of sp³-hybridized carbons (Fsp3) is 0.143. The third-order valence-corrected chi connectivity index (χ3v) is 3.04. The summed E-state index contributed by atoms with van der Waals surface area (Å²) >= 11 is 3.43. The molecular formula is C14H14BrNO. The average molecular weight is 292 g/mol. The van der Waals surface area contributed by atoms with Crippen molar-refractivity contribution in [2.45, 2.75) is 13.5 Å². The molecule has 2 aromatic rings. The highest BCUT2D eigenvalue weighted by Gasteiger charge is 2.01. The molecule has 0 aromatic heterocycles. The van der Waals surface area contributed by atoms with Gasteiger partial charge in [0.2, 0.25) is 0 Å². The van der Waals surface area contributed by atoms with Crippen LogP contribution >= 0.6 is 15.9 Å². The molecule has 17 heavy (non-hydrogen) atoms. The van der Waals surface area contributed by atoms with Crippen molar-refractivity contribution in [3.63, 3.8) is 0 Å². The maximum atomic E-state index is 9.72. The van der Waals surface area contributed by atoms with Crippen LogP contribution in [0.2, 0.25) is 0 Å². The molecule has 0 unspecified atom stereocenters. The number of hydrogen-bond donors (Lipinski definition) is 2. The Morgan fingerprint density at radius 2 is 2.00 bits per heavy atom. The van der Waals surface area contributed by atoms with E-state index in [4.69, 9.17) is 0 Å². The number of halogens is 1. The van der Waals surface area contributed by atoms with Crippen molar-refractivity contribution in [1.82, 2.24) is 0 Å². The van der Waals surface area contributed by atoms with E-state index >= 15 is 0 Å². The van der Waals surface area contributed by atoms with Crippen molar-refractivity contribution < 1.29 is 5.11 Å². The van der Waals surface area contributed by atoms with Crippen LogP contribution in [0.4, 0.5) is 5.69 Å². The van der Waals surface area contributed by atoms with Crippen LogP contribution in [0, 0.1) is 6.92 Å². The molecule has 0 amide bonds. The molecular weight excluding hydrogens is 278 g/mol. The van der Waals surface area contributed by atoms with Gasteiger partial charge in [-0.25, -0.2) is 0 Å². The fourth-order valence-corrected chi connectivity index (χ4v) is 2.05. The first-order valence-electron chi connectivity index (χ1n) is 5.43. The van der Waals surface area contributed by atoms with Gasteiger partial charge in [-0.1, -0.05) is 39.7 Å². The highest BCUT2D eigenvalue weighted by atomic mass is 79.9. The lowest BCUT2D eigenvalue weighted by molar-refractivity contribution is 0.469. The van der Waals surface area contributed by atoms with Gasteiger partial charge in [0.15, 0.2) is 0 Å². The van der Waals surface area contributed by atoms with E-state index in [2.05, 4.69) is 21.2 Å². The Hall–Kier alpha value is -1.48. The molecule has 0 atom stereocenters. The molecule has 0 saturated carbocycles. The predicted octanol–water partition coefficient (Wildman–Crippen LogP) is 4.08. The Morgan fingerprint density at radius 3 is 2.76 bits per heavy atom. The van der Waals surface area contributed by atoms with Gasteiger partial charge in [0.1, 0.15) is 5.75 Å². The van der Waals surface area contributed by atoms with Gasteiger partial charge in [-0.3, -0.25) is 0 Å². The first kappa shape index (κ1) is 12.0. The number of aryl methyl sites for hydroxylation is 1. The van der Waals surface area contributed by atoms with E-state index in [1.54, 1.807) is 6.07 Å². The van der Waals surface area contributed by atoms with E-state index in [-0.39, 0.29) is 0 Å². The van der Waals surface area contributed by atoms with Gasteiger partial charge in [-0.05, 0) is 31.2 Å². The van der Waals surface area contributed by atoms with Crippen molar-refractivity contribution in [2.24, 2.45) is 0 Å². The second kappa shape index (κ2) is 5.23. The van der Waals surface area contributed by atoms with Crippen LogP contribution in [0.15, 0.2) is 46.9 Å². The topological polar surface area (TPSA) is 32.3 Å². The third kappa shape index (κ3) is 3.24. The first-order valence-corrected chi connectivity index (χ1v) is 6.22. The van der Waals surface area contributed by atoms with Crippen LogP contribution < -0.4 is 5.32 Å². The summed E-state index contributed by atoms with van der Waals surface area (Å²) in [5.74, 6) is 0.332. The van der Waals surface area contributed by atoms with Crippen LogP contribution in [0.3, 0.4) is 0 Å². The van der Waals surface area contributed by atoms with E-state index in [9.17, 15) is 5.11 Å². The highest BCUT2D eigenvalue weighted by Crippen LogP contribution is 2.21. The molecule has 0 spiro atoms. The Morgan fingerprint density at radius 1 is 1.18 bits per heavy atom. The minimum absolute atomic E-state index is 0.332. The summed E-state index contributed by atoms with van der Waals surface area (Å²) in [5, 5.41) is 13.0. The first-order chi connectivity index (χ1) is 8.15. The molecule has 0 fully saturated rings. The Balaban J connectivity index is 2.09. The van der Waals surface area contributed by atoms with Gasteiger partial charge < -0.3 is 10.4 Å². The number of rotatable bonds is 3. The number of phenols is 1. The normalized spacial score (nSPS) is 10.2. The number of aromatic hydroxyl groups is 1. The summed E-state index contributed by atoms with van der Waals surface area (Å²) in [6.07, 6.45) is 0. The number of hydrogen-bond acceptors (Lipinski definition) is 2. The molecule has 88 valence electrons. The Kier molecular flexibility index (Phi) is 3.69. The van der Waals surface area contributed by atoms with E-state index in [0.29, 0.717) is 12.3 Å². The predicted molar refractivity (Wildman–Crippen MR) is 74.3 cm³/mol. The monoisotopic (exact) mass is 291 g/mol. The lowest BCUT2D eigenvalue weighted by Crippen LogP contribution is -1.99. The number of anilines is 1. The van der Waals surface area contributed by atoms with Gasteiger partial charge in [0.25, 0.3) is 0 Å². The van der Waals surface area contributed by atoms with Crippen LogP contribution in [-0.2, 0) is 6.54 Å². The SMILES string of the molecule is Cc1ccc(O)c(CNc2cccc(Br)c2)c1. The minimum atomic E-state index is 0.332. The van der Waals surface area contributed by atoms with Crippen molar-refractivity contribution in [2.75, 3.05) is 5.32 Å². The van der Waals surface area contributed by atoms with Crippen molar-refractivity contribution in [3.8, 4) is 5.75 Å². The summed E-state index contributed by atoms with van der Waals surface area (Å²) < 4.78 is 1.04. The van der Waals surface area contributed by atoms with E-state index in [1.165, 1.54) is 0 Å². The van der Waals surface area contributed by atoms with Gasteiger partial charge in [-0.2, -0.15) is 0 Å². The molecule has 2 N–H and O–H groups in total. The average Bonchev–Trinajstić information content (AvgIpc) is 2.30. The minimum Gasteiger partial charge on any atom is -0.508 e. The van der Waals surface area contributed by atoms with E-state index in [0.717, 1.165) is 21.3 Å². The summed E-state index contributed by atoms with van der Waals surface area (Å²) in [4.78, 5) is 0. The molecule has 0 aliphatic heterocycles. The molecule has 0 saturated heterocycles. The highest BCUT2D eigenvalue weighted by molar-refractivity contribution is 9.10. The Bertz CT molecular complexity index is 525. The van der Waals surface area contributed by atoms with Crippen molar-refractivity contribution in [1.29, 1.82) is 0 Å². The van der Waals surface area contributed by atoms with Crippen LogP contribution in [0.25, 0.3) is 0 Å². The van der Waals surface area contributed by atoms with Crippen LogP contribution in [0.5, 0.6) is 5.75 Å². The van der Waals surface area contributed by atoms with Crippen LogP contribution in [-0.4, -0.2) is 5.11 Å². The molecule has 0 heterocycles. The van der Waals surface area contributed by atoms with Gasteiger partial charge >= 0.3 is 0 Å². The lowest BCUT2D eigenvalue weighted by atomic mass is 10.1. The van der Waals surface area contributed by atoms with E-state index in [1.807, 2.05) is 43.3 Å². The van der Waals surface area contributed by atoms with E-state index < -0.39 is 0 Å². The van der Waals surface area contributed by atoms with Crippen molar-refractivity contribution in [3.05, 3.63) is 58.1 Å². The molecule has 3 heteroatoms. The zero-order valence-corrected chi connectivity index (χ0v) is 11.2. The molecule has 2 nitrogen and oxygen atoms in total. The maximum absolute atomic E-state index is 9.72. The van der Waals surface area contributed by atoms with Gasteiger partial charge in [0, 0.05) is 22.3 Å². The summed E-state index contributed by atoms with van der Waals surface area (Å²) in [6.45, 7) is 2.63. The largest absolute Gasteiger partial charge is 0.508 e. The molecule has 2 rings (SSSR count). The number of benzene rings is 2. The standard InChI is InChI=1S/C14H14BrNO/c1-10-5-6-14(17)11(7-10)9-16-13-4-2-3-12(15)8-13/h2-8,16-17H,9H2,1H3. The zero-order valence-electron chi connectivity index (χ0n) is 9.57. The maximum Gasteiger partial charge on any atom is 0.120 e.